The monoisotopic (exact) mass is 254 g/mol. The molecule has 3 aliphatic carbocycles. The standard InChI is InChI=1S/C15H26O3/c1-13(7-6-11(17)14(2,18)8-16)9-4-5-10-12(9)15(10,13)3/h9-12,16-18H,4-8H2,1-3H3. The van der Waals surface area contributed by atoms with E-state index in [0.29, 0.717) is 17.3 Å². The van der Waals surface area contributed by atoms with Crippen molar-refractivity contribution in [3.63, 3.8) is 0 Å². The predicted octanol–water partition coefficient (Wildman–Crippen LogP) is 1.55. The van der Waals surface area contributed by atoms with Crippen LogP contribution < -0.4 is 0 Å². The molecule has 0 aromatic heterocycles. The van der Waals surface area contributed by atoms with Gasteiger partial charge in [0.2, 0.25) is 0 Å². The van der Waals surface area contributed by atoms with Crippen molar-refractivity contribution in [1.29, 1.82) is 0 Å². The number of hydrogen-bond acceptors (Lipinski definition) is 3. The zero-order valence-corrected chi connectivity index (χ0v) is 11.7. The van der Waals surface area contributed by atoms with Gasteiger partial charge in [0.1, 0.15) is 5.60 Å². The van der Waals surface area contributed by atoms with Crippen LogP contribution >= 0.6 is 0 Å². The maximum absolute atomic E-state index is 10.0. The van der Waals surface area contributed by atoms with Gasteiger partial charge in [-0.05, 0) is 61.2 Å². The Morgan fingerprint density at radius 2 is 1.89 bits per heavy atom. The molecule has 0 saturated heterocycles. The zero-order valence-electron chi connectivity index (χ0n) is 11.7. The molecule has 3 aliphatic rings. The summed E-state index contributed by atoms with van der Waals surface area (Å²) in [5.74, 6) is 2.74. The SMILES string of the molecule is CC(O)(CO)C(O)CCC1(C)C2CCC3C2C31C. The van der Waals surface area contributed by atoms with E-state index in [-0.39, 0.29) is 6.61 Å². The minimum atomic E-state index is -1.36. The molecule has 3 nitrogen and oxygen atoms in total. The molecule has 3 fully saturated rings. The van der Waals surface area contributed by atoms with Gasteiger partial charge in [0, 0.05) is 0 Å². The maximum Gasteiger partial charge on any atom is 0.111 e. The zero-order chi connectivity index (χ0) is 13.3. The topological polar surface area (TPSA) is 60.7 Å². The number of rotatable bonds is 5. The van der Waals surface area contributed by atoms with Crippen LogP contribution in [0.4, 0.5) is 0 Å². The van der Waals surface area contributed by atoms with Crippen molar-refractivity contribution in [3.8, 4) is 0 Å². The summed E-state index contributed by atoms with van der Waals surface area (Å²) in [6.45, 7) is 5.91. The Hall–Kier alpha value is -0.120. The molecule has 0 radical (unpaired) electrons. The second-order valence-corrected chi connectivity index (χ2v) is 7.59. The number of aliphatic hydroxyl groups excluding tert-OH is 2. The van der Waals surface area contributed by atoms with Crippen molar-refractivity contribution in [2.24, 2.45) is 28.6 Å². The minimum Gasteiger partial charge on any atom is -0.393 e. The van der Waals surface area contributed by atoms with Crippen molar-refractivity contribution in [2.75, 3.05) is 6.61 Å². The van der Waals surface area contributed by atoms with Gasteiger partial charge < -0.3 is 15.3 Å². The van der Waals surface area contributed by atoms with Gasteiger partial charge in [0.15, 0.2) is 0 Å². The Morgan fingerprint density at radius 1 is 1.28 bits per heavy atom. The smallest absolute Gasteiger partial charge is 0.111 e. The highest BCUT2D eigenvalue weighted by Crippen LogP contribution is 2.90. The van der Waals surface area contributed by atoms with Crippen LogP contribution in [-0.4, -0.2) is 33.6 Å². The molecule has 0 amide bonds. The van der Waals surface area contributed by atoms with Crippen molar-refractivity contribution >= 4 is 0 Å². The first-order chi connectivity index (χ1) is 8.29. The van der Waals surface area contributed by atoms with Crippen LogP contribution in [0.2, 0.25) is 0 Å². The van der Waals surface area contributed by atoms with Crippen molar-refractivity contribution in [1.82, 2.24) is 0 Å². The van der Waals surface area contributed by atoms with Gasteiger partial charge in [-0.15, -0.1) is 0 Å². The summed E-state index contributed by atoms with van der Waals surface area (Å²) >= 11 is 0. The molecule has 7 atom stereocenters. The molecule has 0 spiro atoms. The molecule has 3 heteroatoms. The first-order valence-corrected chi connectivity index (χ1v) is 7.30. The molecule has 7 unspecified atom stereocenters. The van der Waals surface area contributed by atoms with Crippen LogP contribution in [0.1, 0.15) is 46.5 Å². The van der Waals surface area contributed by atoms with Crippen LogP contribution in [-0.2, 0) is 0 Å². The first-order valence-electron chi connectivity index (χ1n) is 7.30. The van der Waals surface area contributed by atoms with Crippen molar-refractivity contribution < 1.29 is 15.3 Å². The molecule has 104 valence electrons. The Morgan fingerprint density at radius 3 is 2.39 bits per heavy atom. The average molecular weight is 254 g/mol. The van der Waals surface area contributed by atoms with Crippen LogP contribution in [0.5, 0.6) is 0 Å². The van der Waals surface area contributed by atoms with Gasteiger partial charge in [-0.25, -0.2) is 0 Å². The fourth-order valence-corrected chi connectivity index (χ4v) is 5.48. The van der Waals surface area contributed by atoms with E-state index >= 15 is 0 Å². The van der Waals surface area contributed by atoms with E-state index < -0.39 is 11.7 Å². The lowest BCUT2D eigenvalue weighted by molar-refractivity contribution is -0.115. The molecule has 0 aromatic rings. The van der Waals surface area contributed by atoms with E-state index in [9.17, 15) is 10.2 Å². The number of fused-ring (bicyclic) bond motifs is 1. The second-order valence-electron chi connectivity index (χ2n) is 7.59. The normalized spacial score (nSPS) is 53.3. The third-order valence-corrected chi connectivity index (χ3v) is 7.03. The van der Waals surface area contributed by atoms with E-state index in [1.54, 1.807) is 0 Å². The quantitative estimate of drug-likeness (QED) is 0.697. The molecule has 0 aliphatic heterocycles. The Balaban J connectivity index is 1.62. The summed E-state index contributed by atoms with van der Waals surface area (Å²) < 4.78 is 0. The molecule has 0 bridgehead atoms. The molecule has 18 heavy (non-hydrogen) atoms. The lowest BCUT2D eigenvalue weighted by atomic mass is 9.50. The Bertz CT molecular complexity index is 361. The summed E-state index contributed by atoms with van der Waals surface area (Å²) in [7, 11) is 0. The van der Waals surface area contributed by atoms with Gasteiger partial charge >= 0.3 is 0 Å². The fraction of sp³-hybridized carbons (Fsp3) is 1.00. The molecular formula is C15H26O3. The molecule has 0 heterocycles. The van der Waals surface area contributed by atoms with E-state index in [4.69, 9.17) is 5.11 Å². The molecule has 3 saturated carbocycles. The van der Waals surface area contributed by atoms with Crippen LogP contribution in [0.25, 0.3) is 0 Å². The van der Waals surface area contributed by atoms with E-state index in [0.717, 1.165) is 24.2 Å². The highest BCUT2D eigenvalue weighted by molar-refractivity contribution is 5.32. The maximum atomic E-state index is 10.0. The molecule has 0 aromatic carbocycles. The average Bonchev–Trinajstić information content (AvgIpc) is 2.73. The lowest BCUT2D eigenvalue weighted by Crippen LogP contribution is -2.50. The van der Waals surface area contributed by atoms with Gasteiger partial charge in [-0.3, -0.25) is 0 Å². The summed E-state index contributed by atoms with van der Waals surface area (Å²) in [6.07, 6.45) is 3.50. The van der Waals surface area contributed by atoms with Crippen LogP contribution in [0.3, 0.4) is 0 Å². The summed E-state index contributed by atoms with van der Waals surface area (Å²) in [4.78, 5) is 0. The second kappa shape index (κ2) is 3.50. The van der Waals surface area contributed by atoms with Crippen LogP contribution in [0, 0.1) is 28.6 Å². The molecular weight excluding hydrogens is 228 g/mol. The Kier molecular flexibility index (Phi) is 2.51. The largest absolute Gasteiger partial charge is 0.393 e. The van der Waals surface area contributed by atoms with Gasteiger partial charge in [0.05, 0.1) is 12.7 Å². The Labute approximate surface area is 109 Å². The lowest BCUT2D eigenvalue weighted by Gasteiger charge is -2.55. The third-order valence-electron chi connectivity index (χ3n) is 7.03. The summed E-state index contributed by atoms with van der Waals surface area (Å²) in [5.41, 5.74) is -0.489. The van der Waals surface area contributed by atoms with Crippen molar-refractivity contribution in [3.05, 3.63) is 0 Å². The number of aliphatic hydroxyl groups is 3. The van der Waals surface area contributed by atoms with Crippen molar-refractivity contribution in [2.45, 2.75) is 58.2 Å². The van der Waals surface area contributed by atoms with E-state index in [1.165, 1.54) is 19.8 Å². The number of hydrogen-bond donors (Lipinski definition) is 3. The van der Waals surface area contributed by atoms with Gasteiger partial charge in [-0.2, -0.15) is 0 Å². The third kappa shape index (κ3) is 1.26. The summed E-state index contributed by atoms with van der Waals surface area (Å²) in [5, 5.41) is 28.9. The van der Waals surface area contributed by atoms with Gasteiger partial charge in [0.25, 0.3) is 0 Å². The highest BCUT2D eigenvalue weighted by atomic mass is 16.4. The van der Waals surface area contributed by atoms with Crippen LogP contribution in [0.15, 0.2) is 0 Å². The molecule has 3 rings (SSSR count). The first kappa shape index (κ1) is 12.9. The van der Waals surface area contributed by atoms with Gasteiger partial charge in [-0.1, -0.05) is 13.8 Å². The van der Waals surface area contributed by atoms with E-state index in [2.05, 4.69) is 13.8 Å². The predicted molar refractivity (Wildman–Crippen MR) is 68.9 cm³/mol. The summed E-state index contributed by atoms with van der Waals surface area (Å²) in [6, 6.07) is 0. The fourth-order valence-electron chi connectivity index (χ4n) is 5.48. The van der Waals surface area contributed by atoms with E-state index in [1.807, 2.05) is 0 Å². The highest BCUT2D eigenvalue weighted by Gasteiger charge is 2.84. The molecule has 3 N–H and O–H groups in total. The minimum absolute atomic E-state index is 0.354.